The first-order valence-corrected chi connectivity index (χ1v) is 6.07. The van der Waals surface area contributed by atoms with Crippen molar-refractivity contribution in [2.75, 3.05) is 11.9 Å². The minimum absolute atomic E-state index is 0.755. The van der Waals surface area contributed by atoms with E-state index in [4.69, 9.17) is 0 Å². The lowest BCUT2D eigenvalue weighted by atomic mass is 9.91. The molecule has 0 atom stereocenters. The molecule has 0 aliphatic heterocycles. The van der Waals surface area contributed by atoms with E-state index in [0.29, 0.717) is 0 Å². The van der Waals surface area contributed by atoms with Gasteiger partial charge in [0.05, 0.1) is 0 Å². The molecule has 0 amide bonds. The molecule has 1 fully saturated rings. The van der Waals surface area contributed by atoms with Crippen molar-refractivity contribution in [1.82, 2.24) is 0 Å². The third-order valence-corrected chi connectivity index (χ3v) is 3.77. The number of benzene rings is 2. The van der Waals surface area contributed by atoms with Crippen LogP contribution in [0.2, 0.25) is 0 Å². The third kappa shape index (κ3) is 1.47. The second kappa shape index (κ2) is 3.82. The van der Waals surface area contributed by atoms with Gasteiger partial charge < -0.3 is 4.90 Å². The summed E-state index contributed by atoms with van der Waals surface area (Å²) in [7, 11) is 2.23. The van der Waals surface area contributed by atoms with Crippen molar-refractivity contribution in [3.8, 4) is 0 Å². The zero-order valence-corrected chi connectivity index (χ0v) is 9.69. The van der Waals surface area contributed by atoms with E-state index < -0.39 is 0 Å². The lowest BCUT2D eigenvalue weighted by Crippen LogP contribution is -2.37. The largest absolute Gasteiger partial charge is 0.371 e. The zero-order chi connectivity index (χ0) is 11.0. The van der Waals surface area contributed by atoms with E-state index in [1.54, 1.807) is 0 Å². The van der Waals surface area contributed by atoms with Crippen LogP contribution in [0.5, 0.6) is 0 Å². The standard InChI is InChI=1S/C15H17N/c1-16(13-8-5-9-13)15-11-4-7-12-6-2-3-10-14(12)15/h2-4,6-7,10-11,13H,5,8-9H2,1H3. The average molecular weight is 211 g/mol. The van der Waals surface area contributed by atoms with Crippen LogP contribution in [0.3, 0.4) is 0 Å². The van der Waals surface area contributed by atoms with Crippen molar-refractivity contribution < 1.29 is 0 Å². The summed E-state index contributed by atoms with van der Waals surface area (Å²) >= 11 is 0. The van der Waals surface area contributed by atoms with Crippen molar-refractivity contribution in [2.45, 2.75) is 25.3 Å². The van der Waals surface area contributed by atoms with Crippen LogP contribution in [-0.2, 0) is 0 Å². The normalized spacial score (nSPS) is 16.1. The van der Waals surface area contributed by atoms with Gasteiger partial charge in [0.15, 0.2) is 0 Å². The number of hydrogen-bond donors (Lipinski definition) is 0. The molecule has 2 aromatic rings. The predicted octanol–water partition coefficient (Wildman–Crippen LogP) is 3.83. The van der Waals surface area contributed by atoms with Gasteiger partial charge in [-0.1, -0.05) is 36.4 Å². The smallest absolute Gasteiger partial charge is 0.0445 e. The minimum atomic E-state index is 0.755. The molecule has 0 radical (unpaired) electrons. The van der Waals surface area contributed by atoms with E-state index in [0.717, 1.165) is 6.04 Å². The maximum Gasteiger partial charge on any atom is 0.0445 e. The second-order valence-corrected chi connectivity index (χ2v) is 4.69. The number of nitrogens with zero attached hydrogens (tertiary/aromatic N) is 1. The first-order chi connectivity index (χ1) is 7.86. The van der Waals surface area contributed by atoms with Gasteiger partial charge in [-0.05, 0) is 30.7 Å². The zero-order valence-electron chi connectivity index (χ0n) is 9.69. The van der Waals surface area contributed by atoms with Crippen LogP contribution >= 0.6 is 0 Å². The highest BCUT2D eigenvalue weighted by Crippen LogP contribution is 2.32. The van der Waals surface area contributed by atoms with Crippen LogP contribution in [0.15, 0.2) is 42.5 Å². The molecule has 1 heteroatoms. The maximum absolute atomic E-state index is 2.45. The topological polar surface area (TPSA) is 3.24 Å². The van der Waals surface area contributed by atoms with E-state index in [1.165, 1.54) is 35.7 Å². The van der Waals surface area contributed by atoms with E-state index >= 15 is 0 Å². The molecule has 0 spiro atoms. The summed E-state index contributed by atoms with van der Waals surface area (Å²) in [6.07, 6.45) is 4.08. The van der Waals surface area contributed by atoms with Crippen LogP contribution in [0.4, 0.5) is 5.69 Å². The van der Waals surface area contributed by atoms with Crippen molar-refractivity contribution in [1.29, 1.82) is 0 Å². The van der Waals surface area contributed by atoms with E-state index in [9.17, 15) is 0 Å². The summed E-state index contributed by atoms with van der Waals surface area (Å²) in [5, 5.41) is 2.71. The number of rotatable bonds is 2. The van der Waals surface area contributed by atoms with Gasteiger partial charge in [-0.15, -0.1) is 0 Å². The lowest BCUT2D eigenvalue weighted by molar-refractivity contribution is 0.402. The Hall–Kier alpha value is -1.50. The van der Waals surface area contributed by atoms with Crippen LogP contribution in [-0.4, -0.2) is 13.1 Å². The molecule has 0 saturated heterocycles. The van der Waals surface area contributed by atoms with Crippen molar-refractivity contribution in [2.24, 2.45) is 0 Å². The Bertz CT molecular complexity index is 494. The fourth-order valence-electron chi connectivity index (χ4n) is 2.49. The number of fused-ring (bicyclic) bond motifs is 1. The Morgan fingerprint density at radius 1 is 1.00 bits per heavy atom. The molecule has 1 nitrogen and oxygen atoms in total. The molecule has 0 bridgehead atoms. The number of hydrogen-bond acceptors (Lipinski definition) is 1. The molecular formula is C15H17N. The molecule has 0 aromatic heterocycles. The van der Waals surface area contributed by atoms with Gasteiger partial charge in [0.1, 0.15) is 0 Å². The highest BCUT2D eigenvalue weighted by Gasteiger charge is 2.22. The van der Waals surface area contributed by atoms with E-state index in [1.807, 2.05) is 0 Å². The van der Waals surface area contributed by atoms with Crippen LogP contribution in [0.1, 0.15) is 19.3 Å². The highest BCUT2D eigenvalue weighted by molar-refractivity contribution is 5.94. The van der Waals surface area contributed by atoms with Gasteiger partial charge in [-0.2, -0.15) is 0 Å². The Balaban J connectivity index is 2.08. The molecule has 3 rings (SSSR count). The molecule has 1 aliphatic rings. The van der Waals surface area contributed by atoms with Gasteiger partial charge in [-0.3, -0.25) is 0 Å². The molecular weight excluding hydrogens is 194 g/mol. The number of anilines is 1. The molecule has 1 aliphatic carbocycles. The third-order valence-electron chi connectivity index (χ3n) is 3.77. The first kappa shape index (κ1) is 9.71. The first-order valence-electron chi connectivity index (χ1n) is 6.07. The fourth-order valence-corrected chi connectivity index (χ4v) is 2.49. The Labute approximate surface area is 96.7 Å². The minimum Gasteiger partial charge on any atom is -0.371 e. The van der Waals surface area contributed by atoms with Crippen LogP contribution in [0.25, 0.3) is 10.8 Å². The van der Waals surface area contributed by atoms with Crippen molar-refractivity contribution in [3.63, 3.8) is 0 Å². The average Bonchev–Trinajstić information content (AvgIpc) is 2.26. The summed E-state index contributed by atoms with van der Waals surface area (Å²) < 4.78 is 0. The highest BCUT2D eigenvalue weighted by atomic mass is 15.1. The SMILES string of the molecule is CN(c1cccc2ccccc12)C1CCC1. The van der Waals surface area contributed by atoms with Crippen molar-refractivity contribution in [3.05, 3.63) is 42.5 Å². The van der Waals surface area contributed by atoms with Gasteiger partial charge in [0, 0.05) is 24.2 Å². The molecule has 0 heterocycles. The summed E-state index contributed by atoms with van der Waals surface area (Å²) in [5.74, 6) is 0. The van der Waals surface area contributed by atoms with E-state index in [2.05, 4.69) is 54.4 Å². The Morgan fingerprint density at radius 2 is 1.75 bits per heavy atom. The molecule has 82 valence electrons. The quantitative estimate of drug-likeness (QED) is 0.729. The molecule has 0 N–H and O–H groups in total. The summed E-state index contributed by atoms with van der Waals surface area (Å²) in [5.41, 5.74) is 1.38. The van der Waals surface area contributed by atoms with E-state index in [-0.39, 0.29) is 0 Å². The summed E-state index contributed by atoms with van der Waals surface area (Å²) in [4.78, 5) is 2.45. The lowest BCUT2D eigenvalue weighted by Gasteiger charge is -2.37. The van der Waals surface area contributed by atoms with Gasteiger partial charge >= 0.3 is 0 Å². The van der Waals surface area contributed by atoms with Gasteiger partial charge in [0.2, 0.25) is 0 Å². The summed E-state index contributed by atoms with van der Waals surface area (Å²) in [6, 6.07) is 16.0. The molecule has 2 aromatic carbocycles. The Kier molecular flexibility index (Phi) is 2.32. The van der Waals surface area contributed by atoms with Gasteiger partial charge in [-0.25, -0.2) is 0 Å². The van der Waals surface area contributed by atoms with Crippen molar-refractivity contribution >= 4 is 16.5 Å². The fraction of sp³-hybridized carbons (Fsp3) is 0.333. The predicted molar refractivity (Wildman–Crippen MR) is 70.0 cm³/mol. The molecule has 16 heavy (non-hydrogen) atoms. The van der Waals surface area contributed by atoms with Crippen LogP contribution in [0, 0.1) is 0 Å². The van der Waals surface area contributed by atoms with Crippen LogP contribution < -0.4 is 4.90 Å². The molecule has 1 saturated carbocycles. The summed E-state index contributed by atoms with van der Waals surface area (Å²) in [6.45, 7) is 0. The maximum atomic E-state index is 2.45. The second-order valence-electron chi connectivity index (χ2n) is 4.69. The molecule has 0 unspecified atom stereocenters. The van der Waals surface area contributed by atoms with Gasteiger partial charge in [0.25, 0.3) is 0 Å². The monoisotopic (exact) mass is 211 g/mol. The Morgan fingerprint density at radius 3 is 2.50 bits per heavy atom.